The number of ether oxygens (including phenoxy) is 1. The summed E-state index contributed by atoms with van der Waals surface area (Å²) < 4.78 is 7.43. The minimum absolute atomic E-state index is 0.0238. The van der Waals surface area contributed by atoms with Crippen LogP contribution >= 0.6 is 0 Å². The second-order valence-electron chi connectivity index (χ2n) is 6.41. The Balaban J connectivity index is 1.36. The van der Waals surface area contributed by atoms with Crippen LogP contribution in [0.1, 0.15) is 29.9 Å². The maximum atomic E-state index is 12.5. The van der Waals surface area contributed by atoms with Crippen molar-refractivity contribution >= 4 is 11.6 Å². The molecule has 1 atom stereocenters. The Morgan fingerprint density at radius 3 is 2.85 bits per heavy atom. The van der Waals surface area contributed by atoms with E-state index in [9.17, 15) is 4.79 Å². The first kappa shape index (κ1) is 16.3. The van der Waals surface area contributed by atoms with Crippen LogP contribution in [-0.4, -0.2) is 27.3 Å². The van der Waals surface area contributed by atoms with Gasteiger partial charge in [-0.25, -0.2) is 9.67 Å². The third kappa shape index (κ3) is 3.74. The van der Waals surface area contributed by atoms with Crippen molar-refractivity contribution in [3.05, 3.63) is 72.3 Å². The number of carbonyl (C=O) groups is 1. The summed E-state index contributed by atoms with van der Waals surface area (Å²) in [4.78, 5) is 16.4. The van der Waals surface area contributed by atoms with Gasteiger partial charge in [0.15, 0.2) is 0 Å². The van der Waals surface area contributed by atoms with E-state index in [1.54, 1.807) is 11.0 Å². The summed E-state index contributed by atoms with van der Waals surface area (Å²) in [5.41, 5.74) is 3.03. The molecule has 1 N–H and O–H groups in total. The highest BCUT2D eigenvalue weighted by Gasteiger charge is 2.23. The van der Waals surface area contributed by atoms with Crippen molar-refractivity contribution in [2.45, 2.75) is 25.3 Å². The number of nitrogens with one attached hydrogen (secondary N) is 1. The molecule has 0 fully saturated rings. The van der Waals surface area contributed by atoms with Gasteiger partial charge >= 0.3 is 0 Å². The molecule has 26 heavy (non-hydrogen) atoms. The van der Waals surface area contributed by atoms with Crippen molar-refractivity contribution in [3.63, 3.8) is 0 Å². The first-order valence-corrected chi connectivity index (χ1v) is 8.71. The first-order valence-electron chi connectivity index (χ1n) is 8.71. The zero-order chi connectivity index (χ0) is 17.8. The quantitative estimate of drug-likeness (QED) is 0.769. The van der Waals surface area contributed by atoms with Crippen molar-refractivity contribution in [1.29, 1.82) is 0 Å². The van der Waals surface area contributed by atoms with Gasteiger partial charge in [-0.05, 0) is 41.7 Å². The lowest BCUT2D eigenvalue weighted by Gasteiger charge is -2.25. The highest BCUT2D eigenvalue weighted by Crippen LogP contribution is 2.35. The smallest absolute Gasteiger partial charge is 0.224 e. The normalized spacial score (nSPS) is 15.8. The third-order valence-electron chi connectivity index (χ3n) is 4.56. The van der Waals surface area contributed by atoms with Gasteiger partial charge in [-0.2, -0.15) is 5.10 Å². The van der Waals surface area contributed by atoms with Crippen molar-refractivity contribution in [1.82, 2.24) is 14.8 Å². The van der Waals surface area contributed by atoms with E-state index in [1.807, 2.05) is 48.5 Å². The fourth-order valence-electron chi connectivity index (χ4n) is 3.26. The molecule has 0 aliphatic carbocycles. The largest absolute Gasteiger partial charge is 0.493 e. The summed E-state index contributed by atoms with van der Waals surface area (Å²) in [6, 6.07) is 15.8. The van der Waals surface area contributed by atoms with E-state index in [-0.39, 0.29) is 11.8 Å². The van der Waals surface area contributed by atoms with Gasteiger partial charge in [0.1, 0.15) is 18.4 Å². The summed E-state index contributed by atoms with van der Waals surface area (Å²) >= 11 is 0. The minimum Gasteiger partial charge on any atom is -0.493 e. The van der Waals surface area contributed by atoms with E-state index in [2.05, 4.69) is 15.4 Å². The zero-order valence-corrected chi connectivity index (χ0v) is 14.3. The number of hydrogen-bond acceptors (Lipinski definition) is 4. The molecule has 0 bridgehead atoms. The standard InChI is InChI=1S/C20H20N4O2/c25-20(11-16-9-10-26-19-4-2-1-3-18(16)19)23-17-7-5-15(6-8-17)12-24-14-21-13-22-24/h1-8,13-14,16H,9-12H2,(H,23,25). The highest BCUT2D eigenvalue weighted by molar-refractivity contribution is 5.91. The fraction of sp³-hybridized carbons (Fsp3) is 0.250. The maximum absolute atomic E-state index is 12.5. The molecule has 0 saturated heterocycles. The Kier molecular flexibility index (Phi) is 4.64. The third-order valence-corrected chi connectivity index (χ3v) is 4.56. The summed E-state index contributed by atoms with van der Waals surface area (Å²) in [5.74, 6) is 1.12. The molecule has 132 valence electrons. The minimum atomic E-state index is 0.0238. The number of benzene rings is 2. The van der Waals surface area contributed by atoms with Crippen LogP contribution < -0.4 is 10.1 Å². The first-order chi connectivity index (χ1) is 12.8. The molecule has 1 aliphatic heterocycles. The van der Waals surface area contributed by atoms with Gasteiger partial charge in [0, 0.05) is 12.1 Å². The summed E-state index contributed by atoms with van der Waals surface area (Å²) in [6.45, 7) is 1.32. The molecule has 2 heterocycles. The van der Waals surface area contributed by atoms with E-state index >= 15 is 0 Å². The van der Waals surface area contributed by atoms with Crippen LogP contribution in [0.2, 0.25) is 0 Å². The van der Waals surface area contributed by atoms with Gasteiger partial charge in [0.2, 0.25) is 5.91 Å². The Labute approximate surface area is 151 Å². The van der Waals surface area contributed by atoms with E-state index in [0.29, 0.717) is 19.6 Å². The summed E-state index contributed by atoms with van der Waals surface area (Å²) in [6.07, 6.45) is 4.52. The lowest BCUT2D eigenvalue weighted by molar-refractivity contribution is -0.116. The lowest BCUT2D eigenvalue weighted by atomic mass is 9.90. The van der Waals surface area contributed by atoms with Crippen LogP contribution in [0, 0.1) is 0 Å². The van der Waals surface area contributed by atoms with Crippen LogP contribution in [-0.2, 0) is 11.3 Å². The maximum Gasteiger partial charge on any atom is 0.224 e. The molecular weight excluding hydrogens is 328 g/mol. The second-order valence-corrected chi connectivity index (χ2v) is 6.41. The Hall–Kier alpha value is -3.15. The summed E-state index contributed by atoms with van der Waals surface area (Å²) in [5, 5.41) is 7.08. The van der Waals surface area contributed by atoms with Gasteiger partial charge in [-0.1, -0.05) is 30.3 Å². The molecule has 0 radical (unpaired) electrons. The van der Waals surface area contributed by atoms with Crippen molar-refractivity contribution < 1.29 is 9.53 Å². The average molecular weight is 348 g/mol. The van der Waals surface area contributed by atoms with Crippen LogP contribution in [0.3, 0.4) is 0 Å². The fourth-order valence-corrected chi connectivity index (χ4v) is 3.26. The monoisotopic (exact) mass is 348 g/mol. The lowest BCUT2D eigenvalue weighted by Crippen LogP contribution is -2.20. The number of nitrogens with zero attached hydrogens (tertiary/aromatic N) is 3. The van der Waals surface area contributed by atoms with E-state index in [4.69, 9.17) is 4.74 Å². The molecule has 4 rings (SSSR count). The SMILES string of the molecule is O=C(CC1CCOc2ccccc21)Nc1ccc(Cn2cncn2)cc1. The molecule has 1 amide bonds. The molecular formula is C20H20N4O2. The predicted octanol–water partition coefficient (Wildman–Crippen LogP) is 3.22. The summed E-state index contributed by atoms with van der Waals surface area (Å²) in [7, 11) is 0. The number of hydrogen-bond donors (Lipinski definition) is 1. The van der Waals surface area contributed by atoms with Crippen molar-refractivity contribution in [2.75, 3.05) is 11.9 Å². The predicted molar refractivity (Wildman–Crippen MR) is 98.1 cm³/mol. The number of rotatable bonds is 5. The van der Waals surface area contributed by atoms with Gasteiger partial charge in [0.05, 0.1) is 13.2 Å². The van der Waals surface area contributed by atoms with Gasteiger partial charge in [-0.3, -0.25) is 4.79 Å². The Morgan fingerprint density at radius 1 is 1.19 bits per heavy atom. The number of amides is 1. The molecule has 2 aromatic carbocycles. The highest BCUT2D eigenvalue weighted by atomic mass is 16.5. The van der Waals surface area contributed by atoms with E-state index < -0.39 is 0 Å². The van der Waals surface area contributed by atoms with E-state index in [1.165, 1.54) is 6.33 Å². The molecule has 3 aromatic rings. The molecule has 6 heteroatoms. The number of carbonyl (C=O) groups excluding carboxylic acids is 1. The molecule has 0 spiro atoms. The zero-order valence-electron chi connectivity index (χ0n) is 14.3. The topological polar surface area (TPSA) is 69.0 Å². The van der Waals surface area contributed by atoms with Crippen molar-refractivity contribution in [2.24, 2.45) is 0 Å². The van der Waals surface area contributed by atoms with E-state index in [0.717, 1.165) is 29.0 Å². The molecule has 1 aliphatic rings. The van der Waals surface area contributed by atoms with Crippen molar-refractivity contribution in [3.8, 4) is 5.75 Å². The number of fused-ring (bicyclic) bond motifs is 1. The van der Waals surface area contributed by atoms with Gasteiger partial charge in [-0.15, -0.1) is 0 Å². The number of para-hydroxylation sites is 1. The Bertz CT molecular complexity index is 875. The molecule has 0 saturated carbocycles. The van der Waals surface area contributed by atoms with Gasteiger partial charge < -0.3 is 10.1 Å². The second kappa shape index (κ2) is 7.39. The van der Waals surface area contributed by atoms with Crippen LogP contribution in [0.25, 0.3) is 0 Å². The van der Waals surface area contributed by atoms with Crippen LogP contribution in [0.15, 0.2) is 61.2 Å². The van der Waals surface area contributed by atoms with Crippen LogP contribution in [0.4, 0.5) is 5.69 Å². The molecule has 1 aromatic heterocycles. The Morgan fingerprint density at radius 2 is 2.04 bits per heavy atom. The van der Waals surface area contributed by atoms with Gasteiger partial charge in [0.25, 0.3) is 0 Å². The van der Waals surface area contributed by atoms with Crippen LogP contribution in [0.5, 0.6) is 5.75 Å². The molecule has 6 nitrogen and oxygen atoms in total. The number of anilines is 1. The average Bonchev–Trinajstić information content (AvgIpc) is 3.17. The molecule has 1 unspecified atom stereocenters. The number of aromatic nitrogens is 3.